The number of benzene rings is 2. The van der Waals surface area contributed by atoms with Crippen molar-refractivity contribution in [3.63, 3.8) is 0 Å². The molecule has 1 saturated carbocycles. The third-order valence-corrected chi connectivity index (χ3v) is 6.83. The number of anilines is 1. The highest BCUT2D eigenvalue weighted by Crippen LogP contribution is 2.65. The number of carbonyl (C=O) groups excluding carboxylic acids is 2. The van der Waals surface area contributed by atoms with Gasteiger partial charge in [0.1, 0.15) is 10.2 Å². The third-order valence-electron chi connectivity index (χ3n) is 5.10. The summed E-state index contributed by atoms with van der Waals surface area (Å²) < 4.78 is 49.3. The minimum atomic E-state index is -4.49. The highest BCUT2D eigenvalue weighted by atomic mass is 35.5. The van der Waals surface area contributed by atoms with Crippen LogP contribution in [0.5, 0.6) is 0 Å². The van der Waals surface area contributed by atoms with Crippen LogP contribution < -0.4 is 5.32 Å². The predicted octanol–water partition coefficient (Wildman–Crippen LogP) is 7.49. The SMILES string of the molecule is Cc1cc(NC(=O)C2C(c3ccc(F)c(Cl)c3)C2(Cl)Cl)cc(C(=O)CCC(F)(F)F)c1Cl. The second kappa shape index (κ2) is 9.01. The standard InChI is InChI=1S/C21H15Cl4F4NO2/c1-9-6-11(8-12(18(9)23)15(31)4-5-20(27,28)29)30-19(32)17-16(21(17,24)25)10-2-3-14(26)13(22)7-10/h2-3,6-8,16-17H,4-5H2,1H3,(H,30,32). The molecule has 3 nitrogen and oxygen atoms in total. The summed E-state index contributed by atoms with van der Waals surface area (Å²) in [4.78, 5) is 25.1. The normalized spacial score (nSPS) is 19.5. The van der Waals surface area contributed by atoms with Gasteiger partial charge in [-0.2, -0.15) is 13.2 Å². The monoisotopic (exact) mass is 529 g/mol. The third kappa shape index (κ3) is 5.33. The van der Waals surface area contributed by atoms with Gasteiger partial charge in [-0.1, -0.05) is 29.3 Å². The van der Waals surface area contributed by atoms with Gasteiger partial charge in [-0.3, -0.25) is 9.59 Å². The Labute approximate surface area is 201 Å². The van der Waals surface area contributed by atoms with Crippen molar-refractivity contribution in [1.29, 1.82) is 0 Å². The summed E-state index contributed by atoms with van der Waals surface area (Å²) in [5, 5.41) is 2.43. The number of aryl methyl sites for hydroxylation is 1. The highest BCUT2D eigenvalue weighted by molar-refractivity contribution is 6.53. The largest absolute Gasteiger partial charge is 0.389 e. The van der Waals surface area contributed by atoms with Crippen LogP contribution in [0.1, 0.15) is 40.2 Å². The second-order valence-electron chi connectivity index (χ2n) is 7.49. The molecule has 0 bridgehead atoms. The molecule has 0 radical (unpaired) electrons. The summed E-state index contributed by atoms with van der Waals surface area (Å²) in [7, 11) is 0. The maximum atomic E-state index is 13.4. The second-order valence-corrected chi connectivity index (χ2v) is 9.72. The van der Waals surface area contributed by atoms with E-state index in [-0.39, 0.29) is 21.3 Å². The van der Waals surface area contributed by atoms with E-state index in [9.17, 15) is 27.2 Å². The van der Waals surface area contributed by atoms with Crippen molar-refractivity contribution in [1.82, 2.24) is 0 Å². The van der Waals surface area contributed by atoms with Crippen molar-refractivity contribution in [2.75, 3.05) is 5.32 Å². The van der Waals surface area contributed by atoms with Gasteiger partial charge < -0.3 is 5.32 Å². The lowest BCUT2D eigenvalue weighted by Crippen LogP contribution is -2.18. The molecule has 2 aromatic rings. The Bertz CT molecular complexity index is 1090. The number of halogens is 8. The van der Waals surface area contributed by atoms with E-state index in [2.05, 4.69) is 5.32 Å². The fraction of sp³-hybridized carbons (Fsp3) is 0.333. The number of rotatable bonds is 6. The van der Waals surface area contributed by atoms with Crippen molar-refractivity contribution >= 4 is 63.8 Å². The first-order valence-electron chi connectivity index (χ1n) is 9.26. The number of ketones is 1. The van der Waals surface area contributed by atoms with Gasteiger partial charge >= 0.3 is 6.18 Å². The van der Waals surface area contributed by atoms with Gasteiger partial charge in [-0.25, -0.2) is 4.39 Å². The summed E-state index contributed by atoms with van der Waals surface area (Å²) in [6, 6.07) is 6.57. The van der Waals surface area contributed by atoms with E-state index in [0.29, 0.717) is 11.1 Å². The summed E-state index contributed by atoms with van der Waals surface area (Å²) in [6.45, 7) is 1.55. The quantitative estimate of drug-likeness (QED) is 0.239. The minimum absolute atomic E-state index is 0.00413. The fourth-order valence-electron chi connectivity index (χ4n) is 3.43. The molecule has 3 rings (SSSR count). The first-order valence-corrected chi connectivity index (χ1v) is 10.8. The molecular formula is C21H15Cl4F4NO2. The summed E-state index contributed by atoms with van der Waals surface area (Å²) in [5.74, 6) is -3.60. The molecule has 11 heteroatoms. The zero-order chi connectivity index (χ0) is 24.0. The van der Waals surface area contributed by atoms with Crippen LogP contribution in [-0.2, 0) is 4.79 Å². The molecule has 2 atom stereocenters. The topological polar surface area (TPSA) is 46.2 Å². The predicted molar refractivity (Wildman–Crippen MR) is 117 cm³/mol. The van der Waals surface area contributed by atoms with Crippen LogP contribution in [0.25, 0.3) is 0 Å². The van der Waals surface area contributed by atoms with Gasteiger partial charge in [-0.15, -0.1) is 23.2 Å². The lowest BCUT2D eigenvalue weighted by atomic mass is 10.0. The zero-order valence-corrected chi connectivity index (χ0v) is 19.3. The van der Waals surface area contributed by atoms with E-state index >= 15 is 0 Å². The van der Waals surface area contributed by atoms with Gasteiger partial charge in [0, 0.05) is 23.6 Å². The van der Waals surface area contributed by atoms with Crippen LogP contribution in [0.2, 0.25) is 10.0 Å². The van der Waals surface area contributed by atoms with Crippen LogP contribution in [0, 0.1) is 18.7 Å². The van der Waals surface area contributed by atoms with Gasteiger partial charge in [0.15, 0.2) is 5.78 Å². The molecule has 0 aliphatic heterocycles. The molecule has 32 heavy (non-hydrogen) atoms. The Morgan fingerprint density at radius 3 is 2.38 bits per heavy atom. The van der Waals surface area contributed by atoms with E-state index in [4.69, 9.17) is 46.4 Å². The number of carbonyl (C=O) groups is 2. The van der Waals surface area contributed by atoms with Crippen molar-refractivity contribution in [2.45, 2.75) is 36.2 Å². The van der Waals surface area contributed by atoms with Crippen LogP contribution in [0.4, 0.5) is 23.2 Å². The Morgan fingerprint density at radius 1 is 1.12 bits per heavy atom. The van der Waals surface area contributed by atoms with Gasteiger partial charge in [0.25, 0.3) is 0 Å². The summed E-state index contributed by atoms with van der Waals surface area (Å²) in [5.41, 5.74) is 0.878. The maximum Gasteiger partial charge on any atom is 0.389 e. The molecule has 0 spiro atoms. The lowest BCUT2D eigenvalue weighted by Gasteiger charge is -2.12. The molecule has 2 aromatic carbocycles. The van der Waals surface area contributed by atoms with Gasteiger partial charge in [-0.05, 0) is 42.3 Å². The Balaban J connectivity index is 1.79. The van der Waals surface area contributed by atoms with Gasteiger partial charge in [0.05, 0.1) is 22.4 Å². The maximum absolute atomic E-state index is 13.4. The van der Waals surface area contributed by atoms with Crippen LogP contribution >= 0.6 is 46.4 Å². The average molecular weight is 531 g/mol. The van der Waals surface area contributed by atoms with Crippen molar-refractivity contribution in [3.05, 3.63) is 62.9 Å². The number of amides is 1. The molecular weight excluding hydrogens is 516 g/mol. The van der Waals surface area contributed by atoms with Crippen molar-refractivity contribution in [3.8, 4) is 0 Å². The molecule has 1 N–H and O–H groups in total. The number of Topliss-reactive ketones (excluding diaryl/α,β-unsaturated/α-hetero) is 1. The molecule has 0 heterocycles. The summed E-state index contributed by atoms with van der Waals surface area (Å²) in [6.07, 6.45) is -6.55. The molecule has 0 aromatic heterocycles. The molecule has 1 aliphatic carbocycles. The molecule has 0 saturated heterocycles. The Hall–Kier alpha value is -1.54. The van der Waals surface area contributed by atoms with E-state index < -0.39 is 52.7 Å². The Kier molecular flexibility index (Phi) is 7.06. The fourth-order valence-corrected chi connectivity index (χ4v) is 4.66. The van der Waals surface area contributed by atoms with Crippen LogP contribution in [-0.4, -0.2) is 22.2 Å². The van der Waals surface area contributed by atoms with Gasteiger partial charge in [0.2, 0.25) is 5.91 Å². The highest BCUT2D eigenvalue weighted by Gasteiger charge is 2.67. The molecule has 1 fully saturated rings. The molecule has 1 aliphatic rings. The average Bonchev–Trinajstić information content (AvgIpc) is 3.26. The molecule has 1 amide bonds. The number of alkyl halides is 5. The lowest BCUT2D eigenvalue weighted by molar-refractivity contribution is -0.133. The van der Waals surface area contributed by atoms with E-state index in [0.717, 1.165) is 6.07 Å². The van der Waals surface area contributed by atoms with Crippen molar-refractivity contribution in [2.24, 2.45) is 5.92 Å². The van der Waals surface area contributed by atoms with Crippen molar-refractivity contribution < 1.29 is 27.2 Å². The van der Waals surface area contributed by atoms with E-state index in [1.807, 2.05) is 0 Å². The summed E-state index contributed by atoms with van der Waals surface area (Å²) >= 11 is 24.4. The smallest absolute Gasteiger partial charge is 0.326 e. The first kappa shape index (κ1) is 25.1. The van der Waals surface area contributed by atoms with E-state index in [1.54, 1.807) is 6.92 Å². The zero-order valence-electron chi connectivity index (χ0n) is 16.3. The molecule has 172 valence electrons. The number of hydrogen-bond donors (Lipinski definition) is 1. The Morgan fingerprint density at radius 2 is 1.78 bits per heavy atom. The first-order chi connectivity index (χ1) is 14.7. The van der Waals surface area contributed by atoms with Crippen LogP contribution in [0.15, 0.2) is 30.3 Å². The number of nitrogens with one attached hydrogen (secondary N) is 1. The molecule has 2 unspecified atom stereocenters. The van der Waals surface area contributed by atoms with E-state index in [1.165, 1.54) is 24.3 Å². The minimum Gasteiger partial charge on any atom is -0.326 e. The number of hydrogen-bond acceptors (Lipinski definition) is 2. The van der Waals surface area contributed by atoms with Crippen LogP contribution in [0.3, 0.4) is 0 Å².